The molecule has 0 saturated heterocycles. The molecule has 1 heterocycles. The highest BCUT2D eigenvalue weighted by Gasteiger charge is 2.05. The molecule has 16 heavy (non-hydrogen) atoms. The fourth-order valence-electron chi connectivity index (χ4n) is 1.69. The molecule has 1 atom stereocenters. The first-order chi connectivity index (χ1) is 7.77. The van der Waals surface area contributed by atoms with Crippen molar-refractivity contribution in [3.05, 3.63) is 24.0 Å². The maximum absolute atomic E-state index is 5.02. The fraction of sp³-hybridized carbons (Fsp3) is 0.692. The standard InChI is InChI=1S/C13H24N2O/c1-4-5-8-15-9-6-13(11-15)12(2)14-7-10-16-3/h6,9,11-12,14H,4-5,7-8,10H2,1-3H3/t12-/m0/s1. The normalized spacial score (nSPS) is 12.9. The number of aryl methyl sites for hydroxylation is 1. The molecule has 0 aliphatic carbocycles. The number of nitrogens with one attached hydrogen (secondary N) is 1. The van der Waals surface area contributed by atoms with Gasteiger partial charge >= 0.3 is 0 Å². The van der Waals surface area contributed by atoms with Gasteiger partial charge in [-0.05, 0) is 25.0 Å². The van der Waals surface area contributed by atoms with Gasteiger partial charge in [-0.15, -0.1) is 0 Å². The average Bonchev–Trinajstić information content (AvgIpc) is 2.75. The molecule has 0 amide bonds. The number of hydrogen-bond acceptors (Lipinski definition) is 2. The van der Waals surface area contributed by atoms with E-state index in [0.29, 0.717) is 6.04 Å². The van der Waals surface area contributed by atoms with Crippen LogP contribution in [0.15, 0.2) is 18.5 Å². The van der Waals surface area contributed by atoms with Crippen LogP contribution in [0.25, 0.3) is 0 Å². The lowest BCUT2D eigenvalue weighted by molar-refractivity contribution is 0.196. The predicted octanol–water partition coefficient (Wildman–Crippen LogP) is 2.59. The Balaban J connectivity index is 2.37. The molecule has 1 rings (SSSR count). The van der Waals surface area contributed by atoms with Crippen LogP contribution in [0.2, 0.25) is 0 Å². The first kappa shape index (κ1) is 13.3. The van der Waals surface area contributed by atoms with Gasteiger partial charge in [-0.25, -0.2) is 0 Å². The van der Waals surface area contributed by atoms with Gasteiger partial charge in [0.05, 0.1) is 6.61 Å². The summed E-state index contributed by atoms with van der Waals surface area (Å²) in [6.07, 6.45) is 6.90. The van der Waals surface area contributed by atoms with Gasteiger partial charge < -0.3 is 14.6 Å². The van der Waals surface area contributed by atoms with Crippen molar-refractivity contribution < 1.29 is 4.74 Å². The summed E-state index contributed by atoms with van der Waals surface area (Å²) in [4.78, 5) is 0. The van der Waals surface area contributed by atoms with Crippen LogP contribution in [-0.4, -0.2) is 24.8 Å². The first-order valence-electron chi connectivity index (χ1n) is 6.16. The van der Waals surface area contributed by atoms with Crippen molar-refractivity contribution >= 4 is 0 Å². The highest BCUT2D eigenvalue weighted by Crippen LogP contribution is 2.12. The van der Waals surface area contributed by atoms with Crippen molar-refractivity contribution in [1.82, 2.24) is 9.88 Å². The number of aromatic nitrogens is 1. The Morgan fingerprint density at radius 1 is 1.50 bits per heavy atom. The molecular weight excluding hydrogens is 200 g/mol. The van der Waals surface area contributed by atoms with Crippen molar-refractivity contribution in [3.63, 3.8) is 0 Å². The van der Waals surface area contributed by atoms with E-state index in [4.69, 9.17) is 4.74 Å². The number of hydrogen-bond donors (Lipinski definition) is 1. The molecule has 0 aromatic carbocycles. The second kappa shape index (κ2) is 7.47. The van der Waals surface area contributed by atoms with Gasteiger partial charge in [0.25, 0.3) is 0 Å². The Morgan fingerprint density at radius 3 is 3.00 bits per heavy atom. The highest BCUT2D eigenvalue weighted by atomic mass is 16.5. The fourth-order valence-corrected chi connectivity index (χ4v) is 1.69. The molecule has 0 saturated carbocycles. The van der Waals surface area contributed by atoms with Crippen LogP contribution in [0.1, 0.15) is 38.3 Å². The van der Waals surface area contributed by atoms with Gasteiger partial charge in [-0.3, -0.25) is 0 Å². The van der Waals surface area contributed by atoms with E-state index in [9.17, 15) is 0 Å². The van der Waals surface area contributed by atoms with E-state index in [1.54, 1.807) is 7.11 Å². The molecule has 3 heteroatoms. The zero-order valence-corrected chi connectivity index (χ0v) is 10.7. The number of ether oxygens (including phenoxy) is 1. The molecule has 0 aliphatic heterocycles. The summed E-state index contributed by atoms with van der Waals surface area (Å²) in [5.74, 6) is 0. The third-order valence-corrected chi connectivity index (χ3v) is 2.80. The summed E-state index contributed by atoms with van der Waals surface area (Å²) in [5, 5.41) is 3.43. The van der Waals surface area contributed by atoms with Crippen molar-refractivity contribution in [2.45, 2.75) is 39.3 Å². The lowest BCUT2D eigenvalue weighted by Crippen LogP contribution is -2.22. The Labute approximate surface area is 98.8 Å². The Kier molecular flexibility index (Phi) is 6.19. The lowest BCUT2D eigenvalue weighted by atomic mass is 10.2. The second-order valence-electron chi connectivity index (χ2n) is 4.20. The number of methoxy groups -OCH3 is 1. The molecule has 0 bridgehead atoms. The maximum atomic E-state index is 5.02. The molecular formula is C13H24N2O. The van der Waals surface area contributed by atoms with Gasteiger partial charge in [0, 0.05) is 38.6 Å². The minimum atomic E-state index is 0.401. The summed E-state index contributed by atoms with van der Waals surface area (Å²) in [6.45, 7) is 7.20. The molecule has 92 valence electrons. The minimum Gasteiger partial charge on any atom is -0.383 e. The number of rotatable bonds is 8. The Morgan fingerprint density at radius 2 is 2.31 bits per heavy atom. The molecule has 1 N–H and O–H groups in total. The van der Waals surface area contributed by atoms with E-state index in [0.717, 1.165) is 19.7 Å². The van der Waals surface area contributed by atoms with Gasteiger partial charge in [0.15, 0.2) is 0 Å². The molecule has 3 nitrogen and oxygen atoms in total. The number of nitrogens with zero attached hydrogens (tertiary/aromatic N) is 1. The summed E-state index contributed by atoms with van der Waals surface area (Å²) < 4.78 is 7.29. The zero-order valence-electron chi connectivity index (χ0n) is 10.7. The smallest absolute Gasteiger partial charge is 0.0587 e. The van der Waals surface area contributed by atoms with Crippen LogP contribution in [0.4, 0.5) is 0 Å². The summed E-state index contributed by atoms with van der Waals surface area (Å²) >= 11 is 0. The predicted molar refractivity (Wildman–Crippen MR) is 67.6 cm³/mol. The van der Waals surface area contributed by atoms with E-state index in [2.05, 4.69) is 42.2 Å². The van der Waals surface area contributed by atoms with E-state index in [-0.39, 0.29) is 0 Å². The van der Waals surface area contributed by atoms with Crippen molar-refractivity contribution in [3.8, 4) is 0 Å². The largest absolute Gasteiger partial charge is 0.383 e. The first-order valence-corrected chi connectivity index (χ1v) is 6.16. The third-order valence-electron chi connectivity index (χ3n) is 2.80. The molecule has 0 fully saturated rings. The van der Waals surface area contributed by atoms with Crippen LogP contribution < -0.4 is 5.32 Å². The van der Waals surface area contributed by atoms with Crippen molar-refractivity contribution in [2.24, 2.45) is 0 Å². The SMILES string of the molecule is CCCCn1ccc([C@H](C)NCCOC)c1. The highest BCUT2D eigenvalue weighted by molar-refractivity contribution is 5.14. The van der Waals surface area contributed by atoms with Gasteiger partial charge in [0.2, 0.25) is 0 Å². The quantitative estimate of drug-likeness (QED) is 0.687. The van der Waals surface area contributed by atoms with E-state index in [1.165, 1.54) is 18.4 Å². The van der Waals surface area contributed by atoms with Gasteiger partial charge in [-0.2, -0.15) is 0 Å². The van der Waals surface area contributed by atoms with E-state index >= 15 is 0 Å². The molecule has 0 unspecified atom stereocenters. The maximum Gasteiger partial charge on any atom is 0.0587 e. The van der Waals surface area contributed by atoms with Crippen LogP contribution in [0, 0.1) is 0 Å². The third kappa shape index (κ3) is 4.37. The second-order valence-corrected chi connectivity index (χ2v) is 4.20. The topological polar surface area (TPSA) is 26.2 Å². The molecule has 0 spiro atoms. The van der Waals surface area contributed by atoms with Gasteiger partial charge in [0.1, 0.15) is 0 Å². The van der Waals surface area contributed by atoms with Crippen LogP contribution in [-0.2, 0) is 11.3 Å². The molecule has 1 aromatic rings. The average molecular weight is 224 g/mol. The van der Waals surface area contributed by atoms with E-state index in [1.807, 2.05) is 0 Å². The van der Waals surface area contributed by atoms with Crippen molar-refractivity contribution in [1.29, 1.82) is 0 Å². The monoisotopic (exact) mass is 224 g/mol. The number of unbranched alkanes of at least 4 members (excludes halogenated alkanes) is 1. The van der Waals surface area contributed by atoms with E-state index < -0.39 is 0 Å². The van der Waals surface area contributed by atoms with Gasteiger partial charge in [-0.1, -0.05) is 13.3 Å². The van der Waals surface area contributed by atoms with Crippen LogP contribution >= 0.6 is 0 Å². The molecule has 0 radical (unpaired) electrons. The minimum absolute atomic E-state index is 0.401. The van der Waals surface area contributed by atoms with Crippen LogP contribution in [0.3, 0.4) is 0 Å². The Hall–Kier alpha value is -0.800. The van der Waals surface area contributed by atoms with Crippen molar-refractivity contribution in [2.75, 3.05) is 20.3 Å². The Bertz CT molecular complexity index is 283. The summed E-state index contributed by atoms with van der Waals surface area (Å²) in [7, 11) is 1.73. The summed E-state index contributed by atoms with van der Waals surface area (Å²) in [5.41, 5.74) is 1.35. The summed E-state index contributed by atoms with van der Waals surface area (Å²) in [6, 6.07) is 2.60. The van der Waals surface area contributed by atoms with Crippen LogP contribution in [0.5, 0.6) is 0 Å². The zero-order chi connectivity index (χ0) is 11.8. The molecule has 1 aromatic heterocycles. The lowest BCUT2D eigenvalue weighted by Gasteiger charge is -2.11. The molecule has 0 aliphatic rings.